The lowest BCUT2D eigenvalue weighted by atomic mass is 9.96. The zero-order chi connectivity index (χ0) is 17.1. The molecule has 0 spiro atoms. The molecule has 2 atom stereocenters. The molecule has 25 heavy (non-hydrogen) atoms. The third kappa shape index (κ3) is 3.78. The molecule has 1 N–H and O–H groups in total. The molecule has 2 aliphatic heterocycles. The van der Waals surface area contributed by atoms with Gasteiger partial charge in [-0.1, -0.05) is 31.0 Å². The van der Waals surface area contributed by atoms with Crippen molar-refractivity contribution < 1.29 is 4.79 Å². The highest BCUT2D eigenvalue weighted by Crippen LogP contribution is 2.35. The zero-order valence-electron chi connectivity index (χ0n) is 15.2. The summed E-state index contributed by atoms with van der Waals surface area (Å²) in [4.78, 5) is 17.3. The average Bonchev–Trinajstić information content (AvgIpc) is 3.41. The van der Waals surface area contributed by atoms with Crippen LogP contribution in [0.4, 0.5) is 10.5 Å². The van der Waals surface area contributed by atoms with Crippen LogP contribution in [-0.2, 0) is 0 Å². The Hall–Kier alpha value is -1.71. The summed E-state index contributed by atoms with van der Waals surface area (Å²) in [5, 5.41) is 3.25. The third-order valence-electron chi connectivity index (χ3n) is 6.45. The number of carbonyl (C=O) groups is 1. The largest absolute Gasteiger partial charge is 0.371 e. The molecule has 2 heterocycles. The Labute approximate surface area is 151 Å². The molecule has 1 aromatic carbocycles. The lowest BCUT2D eigenvalue weighted by Gasteiger charge is -2.30. The van der Waals surface area contributed by atoms with Crippen molar-refractivity contribution in [1.29, 1.82) is 0 Å². The average molecular weight is 341 g/mol. The van der Waals surface area contributed by atoms with E-state index in [0.717, 1.165) is 32.1 Å². The number of nitrogens with zero attached hydrogens (tertiary/aromatic N) is 2. The number of amides is 2. The first-order chi connectivity index (χ1) is 12.3. The smallest absolute Gasteiger partial charge is 0.317 e. The lowest BCUT2D eigenvalue weighted by molar-refractivity contribution is 0.171. The first-order valence-electron chi connectivity index (χ1n) is 10.2. The Kier molecular flexibility index (Phi) is 5.14. The van der Waals surface area contributed by atoms with Crippen molar-refractivity contribution in [3.8, 4) is 0 Å². The Morgan fingerprint density at radius 1 is 1.00 bits per heavy atom. The number of hydrogen-bond acceptors (Lipinski definition) is 2. The minimum Gasteiger partial charge on any atom is -0.371 e. The van der Waals surface area contributed by atoms with Crippen LogP contribution < -0.4 is 10.2 Å². The number of urea groups is 1. The molecule has 3 aliphatic rings. The fourth-order valence-electron chi connectivity index (χ4n) is 5.08. The second kappa shape index (κ2) is 7.67. The first kappa shape index (κ1) is 16.7. The van der Waals surface area contributed by atoms with Crippen LogP contribution in [0.25, 0.3) is 0 Å². The Morgan fingerprint density at radius 2 is 1.80 bits per heavy atom. The van der Waals surface area contributed by atoms with E-state index in [2.05, 4.69) is 45.4 Å². The van der Waals surface area contributed by atoms with E-state index >= 15 is 0 Å². The van der Waals surface area contributed by atoms with E-state index in [1.54, 1.807) is 0 Å². The second-order valence-electron chi connectivity index (χ2n) is 8.07. The summed E-state index contributed by atoms with van der Waals surface area (Å²) in [7, 11) is 0. The van der Waals surface area contributed by atoms with Gasteiger partial charge < -0.3 is 15.1 Å². The maximum Gasteiger partial charge on any atom is 0.317 e. The molecule has 0 aromatic heterocycles. The summed E-state index contributed by atoms with van der Waals surface area (Å²) in [6, 6.07) is 11.3. The van der Waals surface area contributed by atoms with Crippen LogP contribution in [0.2, 0.25) is 0 Å². The lowest BCUT2D eigenvalue weighted by Crippen LogP contribution is -2.46. The van der Waals surface area contributed by atoms with Crippen LogP contribution in [0, 0.1) is 11.8 Å². The van der Waals surface area contributed by atoms with Gasteiger partial charge in [-0.25, -0.2) is 4.79 Å². The van der Waals surface area contributed by atoms with E-state index < -0.39 is 0 Å². The second-order valence-corrected chi connectivity index (χ2v) is 8.07. The molecule has 4 rings (SSSR count). The van der Waals surface area contributed by atoms with E-state index in [0.29, 0.717) is 12.0 Å². The highest BCUT2D eigenvalue weighted by atomic mass is 16.2. The SMILES string of the molecule is O=C(NC[C@@H]1CCN(c2ccccc2)C1)N1CCC[C@H]1C1CCCC1. The molecule has 4 heteroatoms. The van der Waals surface area contributed by atoms with Gasteiger partial charge >= 0.3 is 6.03 Å². The minimum atomic E-state index is 0.188. The molecule has 0 radical (unpaired) electrons. The number of rotatable bonds is 4. The van der Waals surface area contributed by atoms with Crippen LogP contribution >= 0.6 is 0 Å². The third-order valence-corrected chi connectivity index (χ3v) is 6.45. The number of para-hydroxylation sites is 1. The summed E-state index contributed by atoms with van der Waals surface area (Å²) >= 11 is 0. The molecule has 136 valence electrons. The van der Waals surface area contributed by atoms with Gasteiger partial charge in [-0.3, -0.25) is 0 Å². The van der Waals surface area contributed by atoms with E-state index in [-0.39, 0.29) is 6.03 Å². The first-order valence-corrected chi connectivity index (χ1v) is 10.2. The van der Waals surface area contributed by atoms with Gasteiger partial charge in [0.1, 0.15) is 0 Å². The van der Waals surface area contributed by atoms with E-state index in [1.807, 2.05) is 0 Å². The van der Waals surface area contributed by atoms with Crippen molar-refractivity contribution in [2.45, 2.75) is 51.0 Å². The quantitative estimate of drug-likeness (QED) is 0.902. The number of likely N-dealkylation sites (tertiary alicyclic amines) is 1. The number of nitrogens with one attached hydrogen (secondary N) is 1. The Balaban J connectivity index is 1.26. The van der Waals surface area contributed by atoms with Crippen LogP contribution in [-0.4, -0.2) is 43.2 Å². The van der Waals surface area contributed by atoms with E-state index in [1.165, 1.54) is 50.6 Å². The summed E-state index contributed by atoms with van der Waals surface area (Å²) < 4.78 is 0. The van der Waals surface area contributed by atoms with Gasteiger partial charge in [0.2, 0.25) is 0 Å². The predicted molar refractivity (Wildman–Crippen MR) is 102 cm³/mol. The fourth-order valence-corrected chi connectivity index (χ4v) is 5.08. The molecule has 1 aliphatic carbocycles. The topological polar surface area (TPSA) is 35.6 Å². The standard InChI is InChI=1S/C21H31N3O/c25-21(24-13-6-11-20(24)18-7-4-5-8-18)22-15-17-12-14-23(16-17)19-9-2-1-3-10-19/h1-3,9-10,17-18,20H,4-8,11-16H2,(H,22,25)/t17-,20-/m0/s1. The predicted octanol–water partition coefficient (Wildman–Crippen LogP) is 3.88. The summed E-state index contributed by atoms with van der Waals surface area (Å²) in [5.74, 6) is 1.32. The van der Waals surface area contributed by atoms with Crippen molar-refractivity contribution in [3.05, 3.63) is 30.3 Å². The van der Waals surface area contributed by atoms with Crippen molar-refractivity contribution in [2.24, 2.45) is 11.8 Å². The van der Waals surface area contributed by atoms with Crippen LogP contribution in [0.1, 0.15) is 44.9 Å². The molecule has 3 fully saturated rings. The number of carbonyl (C=O) groups excluding carboxylic acids is 1. The molecule has 4 nitrogen and oxygen atoms in total. The summed E-state index contributed by atoms with van der Waals surface area (Å²) in [5.41, 5.74) is 1.30. The highest BCUT2D eigenvalue weighted by molar-refractivity contribution is 5.75. The zero-order valence-corrected chi connectivity index (χ0v) is 15.2. The van der Waals surface area contributed by atoms with Gasteiger partial charge in [-0.2, -0.15) is 0 Å². The van der Waals surface area contributed by atoms with Gasteiger partial charge in [-0.15, -0.1) is 0 Å². The monoisotopic (exact) mass is 341 g/mol. The van der Waals surface area contributed by atoms with Crippen molar-refractivity contribution in [2.75, 3.05) is 31.1 Å². The van der Waals surface area contributed by atoms with Crippen LogP contribution in [0.5, 0.6) is 0 Å². The van der Waals surface area contributed by atoms with E-state index in [9.17, 15) is 4.79 Å². The van der Waals surface area contributed by atoms with E-state index in [4.69, 9.17) is 0 Å². The molecule has 0 unspecified atom stereocenters. The molecule has 2 saturated heterocycles. The Bertz CT molecular complexity index is 570. The fraction of sp³-hybridized carbons (Fsp3) is 0.667. The Morgan fingerprint density at radius 3 is 2.60 bits per heavy atom. The molecular weight excluding hydrogens is 310 g/mol. The molecule has 1 aromatic rings. The molecular formula is C21H31N3O. The van der Waals surface area contributed by atoms with Gasteiger partial charge in [0.05, 0.1) is 0 Å². The van der Waals surface area contributed by atoms with Crippen LogP contribution in [0.15, 0.2) is 30.3 Å². The molecule has 2 amide bonds. The van der Waals surface area contributed by atoms with Crippen molar-refractivity contribution in [3.63, 3.8) is 0 Å². The van der Waals surface area contributed by atoms with Crippen molar-refractivity contribution in [1.82, 2.24) is 10.2 Å². The number of anilines is 1. The van der Waals surface area contributed by atoms with Gasteiger partial charge in [0, 0.05) is 37.9 Å². The minimum absolute atomic E-state index is 0.188. The van der Waals surface area contributed by atoms with Crippen molar-refractivity contribution >= 4 is 11.7 Å². The molecule has 0 bridgehead atoms. The maximum absolute atomic E-state index is 12.7. The highest BCUT2D eigenvalue weighted by Gasteiger charge is 2.36. The van der Waals surface area contributed by atoms with Gasteiger partial charge in [-0.05, 0) is 56.1 Å². The maximum atomic E-state index is 12.7. The van der Waals surface area contributed by atoms with Crippen LogP contribution in [0.3, 0.4) is 0 Å². The number of benzene rings is 1. The summed E-state index contributed by atoms with van der Waals surface area (Å²) in [6.45, 7) is 3.92. The van der Waals surface area contributed by atoms with Gasteiger partial charge in [0.25, 0.3) is 0 Å². The summed E-state index contributed by atoms with van der Waals surface area (Å²) in [6.07, 6.45) is 8.92. The molecule has 1 saturated carbocycles. The van der Waals surface area contributed by atoms with Gasteiger partial charge in [0.15, 0.2) is 0 Å². The number of hydrogen-bond donors (Lipinski definition) is 1. The normalized spacial score (nSPS) is 27.2.